The zero-order chi connectivity index (χ0) is 10.4. The standard InChI is InChI=1S/C8H11N3O3/c1-9-5-6-14-7-3-2-4-10-8(7)11(12)13/h2-4,9H,5-6H2,1H3. The number of hydrogen-bond acceptors (Lipinski definition) is 5. The number of pyridine rings is 1. The Kier molecular flexibility index (Phi) is 3.81. The zero-order valence-corrected chi connectivity index (χ0v) is 7.77. The van der Waals surface area contributed by atoms with Gasteiger partial charge in [-0.2, -0.15) is 0 Å². The van der Waals surface area contributed by atoms with Gasteiger partial charge in [0.25, 0.3) is 0 Å². The fourth-order valence-electron chi connectivity index (χ4n) is 0.895. The van der Waals surface area contributed by atoms with Crippen LogP contribution in [0.15, 0.2) is 18.3 Å². The Hall–Kier alpha value is -1.69. The monoisotopic (exact) mass is 197 g/mol. The first-order valence-electron chi connectivity index (χ1n) is 4.12. The summed E-state index contributed by atoms with van der Waals surface area (Å²) in [6, 6.07) is 3.13. The van der Waals surface area contributed by atoms with Crippen molar-refractivity contribution in [2.24, 2.45) is 0 Å². The van der Waals surface area contributed by atoms with Gasteiger partial charge in [0.1, 0.15) is 12.8 Å². The van der Waals surface area contributed by atoms with Crippen molar-refractivity contribution in [1.82, 2.24) is 10.3 Å². The van der Waals surface area contributed by atoms with Gasteiger partial charge in [-0.3, -0.25) is 0 Å². The third kappa shape index (κ3) is 2.67. The number of nitrogens with zero attached hydrogens (tertiary/aromatic N) is 2. The molecule has 0 saturated heterocycles. The van der Waals surface area contributed by atoms with Crippen molar-refractivity contribution in [3.05, 3.63) is 28.4 Å². The quantitative estimate of drug-likeness (QED) is 0.424. The smallest absolute Gasteiger partial charge is 0.406 e. The molecule has 1 aromatic heterocycles. The lowest BCUT2D eigenvalue weighted by Crippen LogP contribution is -2.16. The van der Waals surface area contributed by atoms with E-state index in [0.29, 0.717) is 13.2 Å². The summed E-state index contributed by atoms with van der Waals surface area (Å²) in [5, 5.41) is 13.4. The fourth-order valence-corrected chi connectivity index (χ4v) is 0.895. The van der Waals surface area contributed by atoms with Crippen molar-refractivity contribution < 1.29 is 9.66 Å². The van der Waals surface area contributed by atoms with Crippen LogP contribution in [0.5, 0.6) is 5.75 Å². The molecule has 0 radical (unpaired) electrons. The van der Waals surface area contributed by atoms with Gasteiger partial charge < -0.3 is 20.2 Å². The van der Waals surface area contributed by atoms with Gasteiger partial charge in [-0.05, 0) is 29.1 Å². The number of rotatable bonds is 5. The Morgan fingerprint density at radius 1 is 1.71 bits per heavy atom. The maximum atomic E-state index is 10.5. The van der Waals surface area contributed by atoms with Crippen LogP contribution in [-0.4, -0.2) is 30.1 Å². The van der Waals surface area contributed by atoms with Gasteiger partial charge in [0, 0.05) is 6.54 Å². The van der Waals surface area contributed by atoms with E-state index in [2.05, 4.69) is 10.3 Å². The lowest BCUT2D eigenvalue weighted by atomic mass is 10.4. The summed E-state index contributed by atoms with van der Waals surface area (Å²) in [6.07, 6.45) is 1.36. The molecule has 1 N–H and O–H groups in total. The van der Waals surface area contributed by atoms with Gasteiger partial charge in [-0.1, -0.05) is 0 Å². The molecular weight excluding hydrogens is 186 g/mol. The molecule has 6 heteroatoms. The molecule has 0 aromatic carbocycles. The Morgan fingerprint density at radius 2 is 2.50 bits per heavy atom. The molecule has 6 nitrogen and oxygen atoms in total. The molecule has 1 aromatic rings. The first-order valence-corrected chi connectivity index (χ1v) is 4.12. The molecule has 0 aliphatic heterocycles. The largest absolute Gasteiger partial charge is 0.484 e. The first kappa shape index (κ1) is 10.4. The summed E-state index contributed by atoms with van der Waals surface area (Å²) in [4.78, 5) is 13.6. The summed E-state index contributed by atoms with van der Waals surface area (Å²) in [7, 11) is 1.78. The van der Waals surface area contributed by atoms with E-state index in [1.165, 1.54) is 12.3 Å². The Labute approximate surface area is 81.1 Å². The van der Waals surface area contributed by atoms with Gasteiger partial charge >= 0.3 is 5.82 Å². The minimum absolute atomic E-state index is 0.202. The summed E-state index contributed by atoms with van der Waals surface area (Å²) in [6.45, 7) is 1.01. The lowest BCUT2D eigenvalue weighted by molar-refractivity contribution is -0.390. The highest BCUT2D eigenvalue weighted by molar-refractivity contribution is 5.38. The van der Waals surface area contributed by atoms with Gasteiger partial charge in [-0.15, -0.1) is 0 Å². The van der Waals surface area contributed by atoms with E-state index in [9.17, 15) is 10.1 Å². The number of nitrogens with one attached hydrogen (secondary N) is 1. The number of aromatic nitrogens is 1. The lowest BCUT2D eigenvalue weighted by Gasteiger charge is -2.04. The van der Waals surface area contributed by atoms with Crippen molar-refractivity contribution in [2.45, 2.75) is 0 Å². The molecular formula is C8H11N3O3. The van der Waals surface area contributed by atoms with Crippen molar-refractivity contribution in [2.75, 3.05) is 20.2 Å². The molecule has 0 aliphatic carbocycles. The second kappa shape index (κ2) is 5.13. The molecule has 0 atom stereocenters. The molecule has 0 unspecified atom stereocenters. The van der Waals surface area contributed by atoms with Crippen molar-refractivity contribution >= 4 is 5.82 Å². The van der Waals surface area contributed by atoms with Crippen molar-refractivity contribution in [1.29, 1.82) is 0 Å². The highest BCUT2D eigenvalue weighted by Gasteiger charge is 2.14. The van der Waals surface area contributed by atoms with Crippen molar-refractivity contribution in [3.8, 4) is 5.75 Å². The van der Waals surface area contributed by atoms with Crippen LogP contribution in [0, 0.1) is 10.1 Å². The molecule has 76 valence electrons. The topological polar surface area (TPSA) is 77.3 Å². The van der Waals surface area contributed by atoms with Crippen LogP contribution >= 0.6 is 0 Å². The van der Waals surface area contributed by atoms with Crippen LogP contribution in [0.25, 0.3) is 0 Å². The molecule has 1 rings (SSSR count). The second-order valence-electron chi connectivity index (χ2n) is 2.53. The molecule has 0 aliphatic rings. The van der Waals surface area contributed by atoms with E-state index in [1.54, 1.807) is 13.1 Å². The summed E-state index contributed by atoms with van der Waals surface area (Å²) in [5.74, 6) is -0.0450. The Bertz CT molecular complexity index is 316. The van der Waals surface area contributed by atoms with E-state index >= 15 is 0 Å². The molecule has 0 amide bonds. The van der Waals surface area contributed by atoms with E-state index in [4.69, 9.17) is 4.74 Å². The van der Waals surface area contributed by atoms with Crippen LogP contribution < -0.4 is 10.1 Å². The van der Waals surface area contributed by atoms with E-state index in [0.717, 1.165) is 0 Å². The normalized spacial score (nSPS) is 9.79. The first-order chi connectivity index (χ1) is 6.75. The summed E-state index contributed by atoms with van der Waals surface area (Å²) < 4.78 is 5.17. The fraction of sp³-hybridized carbons (Fsp3) is 0.375. The number of hydrogen-bond donors (Lipinski definition) is 1. The minimum atomic E-state index is -0.561. The number of likely N-dealkylation sites (N-methyl/N-ethyl adjacent to an activating group) is 1. The van der Waals surface area contributed by atoms with Crippen LogP contribution in [0.1, 0.15) is 0 Å². The molecule has 1 heterocycles. The number of nitro groups is 1. The Morgan fingerprint density at radius 3 is 3.14 bits per heavy atom. The highest BCUT2D eigenvalue weighted by Crippen LogP contribution is 2.22. The Balaban J connectivity index is 2.69. The van der Waals surface area contributed by atoms with Gasteiger partial charge in [-0.25, -0.2) is 0 Å². The van der Waals surface area contributed by atoms with E-state index in [-0.39, 0.29) is 11.6 Å². The van der Waals surface area contributed by atoms with E-state index in [1.807, 2.05) is 0 Å². The van der Waals surface area contributed by atoms with Crippen molar-refractivity contribution in [3.63, 3.8) is 0 Å². The molecule has 0 bridgehead atoms. The third-order valence-corrected chi connectivity index (χ3v) is 1.53. The van der Waals surface area contributed by atoms with Gasteiger partial charge in [0.15, 0.2) is 0 Å². The van der Waals surface area contributed by atoms with Crippen LogP contribution in [-0.2, 0) is 0 Å². The zero-order valence-electron chi connectivity index (χ0n) is 7.77. The average molecular weight is 197 g/mol. The van der Waals surface area contributed by atoms with Gasteiger partial charge in [0.05, 0.1) is 0 Å². The summed E-state index contributed by atoms with van der Waals surface area (Å²) >= 11 is 0. The highest BCUT2D eigenvalue weighted by atomic mass is 16.6. The molecule has 0 spiro atoms. The maximum Gasteiger partial charge on any atom is 0.406 e. The van der Waals surface area contributed by atoms with Gasteiger partial charge in [0.2, 0.25) is 5.75 Å². The average Bonchev–Trinajstić information content (AvgIpc) is 2.19. The predicted molar refractivity (Wildman–Crippen MR) is 50.3 cm³/mol. The molecule has 0 fully saturated rings. The summed E-state index contributed by atoms with van der Waals surface area (Å²) in [5.41, 5.74) is 0. The maximum absolute atomic E-state index is 10.5. The molecule has 0 saturated carbocycles. The van der Waals surface area contributed by atoms with Crippen LogP contribution in [0.3, 0.4) is 0 Å². The second-order valence-corrected chi connectivity index (χ2v) is 2.53. The van der Waals surface area contributed by atoms with Crippen LogP contribution in [0.2, 0.25) is 0 Å². The minimum Gasteiger partial charge on any atom is -0.484 e. The number of ether oxygens (including phenoxy) is 1. The molecule has 14 heavy (non-hydrogen) atoms. The predicted octanol–water partition coefficient (Wildman–Crippen LogP) is 0.588. The van der Waals surface area contributed by atoms with E-state index < -0.39 is 4.92 Å². The van der Waals surface area contributed by atoms with Crippen LogP contribution in [0.4, 0.5) is 5.82 Å². The SMILES string of the molecule is CNCCOc1cccnc1[N+](=O)[O-]. The third-order valence-electron chi connectivity index (χ3n) is 1.53.